The number of hydrogen-bond donors (Lipinski definition) is 3. The Morgan fingerprint density at radius 1 is 0.875 bits per heavy atom. The third-order valence-electron chi connectivity index (χ3n) is 4.36. The number of carbonyl (C=O) groups excluding carboxylic acids is 2. The van der Waals surface area contributed by atoms with Crippen molar-refractivity contribution in [3.05, 3.63) is 76.0 Å². The van der Waals surface area contributed by atoms with Crippen LogP contribution in [0.1, 0.15) is 25.6 Å². The highest BCUT2D eigenvalue weighted by Crippen LogP contribution is 2.27. The molecule has 0 saturated heterocycles. The van der Waals surface area contributed by atoms with Crippen molar-refractivity contribution in [3.8, 4) is 11.5 Å². The second-order valence-electron chi connectivity index (χ2n) is 6.41. The second-order valence-corrected chi connectivity index (χ2v) is 9.21. The molecule has 3 N–H and O–H groups in total. The van der Waals surface area contributed by atoms with E-state index < -0.39 is 21.8 Å². The first kappa shape index (κ1) is 23.3. The van der Waals surface area contributed by atoms with Gasteiger partial charge in [0, 0.05) is 22.5 Å². The Balaban J connectivity index is 1.65. The highest BCUT2D eigenvalue weighted by atomic mass is 32.2. The number of ether oxygens (including phenoxy) is 2. The molecule has 0 radical (unpaired) electrons. The molecule has 2 aromatic carbocycles. The van der Waals surface area contributed by atoms with Crippen LogP contribution in [0.2, 0.25) is 0 Å². The van der Waals surface area contributed by atoms with E-state index in [2.05, 4.69) is 15.6 Å². The van der Waals surface area contributed by atoms with Crippen LogP contribution in [0.5, 0.6) is 11.5 Å². The van der Waals surface area contributed by atoms with Gasteiger partial charge in [0.25, 0.3) is 11.8 Å². The molecule has 0 atom stereocenters. The Labute approximate surface area is 189 Å². The van der Waals surface area contributed by atoms with Crippen LogP contribution in [0.15, 0.2) is 64.9 Å². The molecule has 0 aliphatic carbocycles. The first-order chi connectivity index (χ1) is 15.3. The van der Waals surface area contributed by atoms with Crippen LogP contribution in [0, 0.1) is 0 Å². The monoisotopic (exact) mass is 475 g/mol. The molecule has 3 rings (SSSR count). The van der Waals surface area contributed by atoms with E-state index in [-0.39, 0.29) is 22.6 Å². The van der Waals surface area contributed by atoms with Gasteiger partial charge in [-0.15, -0.1) is 11.3 Å². The molecule has 2 amide bonds. The van der Waals surface area contributed by atoms with Gasteiger partial charge in [-0.1, -0.05) is 12.1 Å². The van der Waals surface area contributed by atoms with E-state index in [1.807, 2.05) is 17.5 Å². The molecule has 0 aliphatic heterocycles. The number of carbonyl (C=O) groups is 2. The summed E-state index contributed by atoms with van der Waals surface area (Å²) in [6, 6.07) is 13.7. The lowest BCUT2D eigenvalue weighted by molar-refractivity contribution is 0.0846. The first-order valence-electron chi connectivity index (χ1n) is 9.29. The number of rotatable bonds is 8. The van der Waals surface area contributed by atoms with Gasteiger partial charge in [-0.05, 0) is 47.8 Å². The standard InChI is InChI=1S/C21H21N3O6S2/c1-29-18-9-8-15(12-19(18)30-2)21(26)24-23-20(25)14-5-3-7-17(11-14)32(27,28)22-13-16-6-4-10-31-16/h3-12,22H,13H2,1-2H3,(H,23,25)(H,24,26). The van der Waals surface area contributed by atoms with Gasteiger partial charge in [-0.25, -0.2) is 13.1 Å². The smallest absolute Gasteiger partial charge is 0.269 e. The minimum absolute atomic E-state index is 0.0621. The highest BCUT2D eigenvalue weighted by molar-refractivity contribution is 7.89. The zero-order chi connectivity index (χ0) is 23.1. The lowest BCUT2D eigenvalue weighted by Gasteiger charge is -2.11. The molecule has 0 unspecified atom stereocenters. The summed E-state index contributed by atoms with van der Waals surface area (Å²) < 4.78 is 37.8. The summed E-state index contributed by atoms with van der Waals surface area (Å²) in [5.74, 6) is -0.437. The zero-order valence-corrected chi connectivity index (χ0v) is 18.9. The minimum Gasteiger partial charge on any atom is -0.493 e. The number of methoxy groups -OCH3 is 2. The van der Waals surface area contributed by atoms with Crippen LogP contribution in [0.4, 0.5) is 0 Å². The molecule has 0 spiro atoms. The van der Waals surface area contributed by atoms with E-state index in [1.54, 1.807) is 6.07 Å². The summed E-state index contributed by atoms with van der Waals surface area (Å²) >= 11 is 1.43. The third kappa shape index (κ3) is 5.63. The number of sulfonamides is 1. The van der Waals surface area contributed by atoms with Gasteiger partial charge in [0.15, 0.2) is 11.5 Å². The highest BCUT2D eigenvalue weighted by Gasteiger charge is 2.17. The van der Waals surface area contributed by atoms with Crippen molar-refractivity contribution in [2.75, 3.05) is 14.2 Å². The quantitative estimate of drug-likeness (QED) is 0.430. The summed E-state index contributed by atoms with van der Waals surface area (Å²) in [7, 11) is -0.899. The average Bonchev–Trinajstić information content (AvgIpc) is 3.34. The largest absolute Gasteiger partial charge is 0.493 e. The predicted octanol–water partition coefficient (Wildman–Crippen LogP) is 2.32. The molecule has 3 aromatic rings. The lowest BCUT2D eigenvalue weighted by atomic mass is 10.2. The van der Waals surface area contributed by atoms with E-state index in [4.69, 9.17) is 9.47 Å². The van der Waals surface area contributed by atoms with Crippen molar-refractivity contribution in [2.24, 2.45) is 0 Å². The summed E-state index contributed by atoms with van der Waals surface area (Å²) in [6.45, 7) is 0.151. The van der Waals surface area contributed by atoms with E-state index in [0.29, 0.717) is 11.5 Å². The van der Waals surface area contributed by atoms with E-state index >= 15 is 0 Å². The molecule has 1 heterocycles. The molecule has 1 aromatic heterocycles. The van der Waals surface area contributed by atoms with Crippen LogP contribution in [-0.4, -0.2) is 34.5 Å². The third-order valence-corrected chi connectivity index (χ3v) is 6.63. The summed E-state index contributed by atoms with van der Waals surface area (Å²) in [5.41, 5.74) is 4.86. The van der Waals surface area contributed by atoms with Crippen LogP contribution in [0.25, 0.3) is 0 Å². The van der Waals surface area contributed by atoms with Crippen LogP contribution < -0.4 is 25.0 Å². The average molecular weight is 476 g/mol. The normalized spacial score (nSPS) is 10.9. The molecule has 9 nitrogen and oxygen atoms in total. The van der Waals surface area contributed by atoms with Crippen molar-refractivity contribution in [3.63, 3.8) is 0 Å². The number of thiophene rings is 1. The number of hydrogen-bond acceptors (Lipinski definition) is 7. The fourth-order valence-corrected chi connectivity index (χ4v) is 4.49. The summed E-state index contributed by atoms with van der Waals surface area (Å²) in [6.07, 6.45) is 0. The Morgan fingerprint density at radius 3 is 2.19 bits per heavy atom. The van der Waals surface area contributed by atoms with Gasteiger partial charge >= 0.3 is 0 Å². The fourth-order valence-electron chi connectivity index (χ4n) is 2.70. The van der Waals surface area contributed by atoms with Gasteiger partial charge in [0.2, 0.25) is 10.0 Å². The summed E-state index contributed by atoms with van der Waals surface area (Å²) in [5, 5.41) is 1.85. The molecule has 168 valence electrons. The minimum atomic E-state index is -3.82. The molecule has 0 aliphatic rings. The van der Waals surface area contributed by atoms with Crippen molar-refractivity contribution >= 4 is 33.2 Å². The number of hydrazine groups is 1. The van der Waals surface area contributed by atoms with Crippen molar-refractivity contribution in [1.82, 2.24) is 15.6 Å². The topological polar surface area (TPSA) is 123 Å². The molecule has 11 heteroatoms. The van der Waals surface area contributed by atoms with E-state index in [0.717, 1.165) is 4.88 Å². The first-order valence-corrected chi connectivity index (χ1v) is 11.6. The number of benzene rings is 2. The Morgan fingerprint density at radius 2 is 1.56 bits per heavy atom. The molecular weight excluding hydrogens is 454 g/mol. The Kier molecular flexibility index (Phi) is 7.46. The van der Waals surface area contributed by atoms with Gasteiger partial charge in [0.05, 0.1) is 19.1 Å². The predicted molar refractivity (Wildman–Crippen MR) is 119 cm³/mol. The molecule has 0 fully saturated rings. The van der Waals surface area contributed by atoms with E-state index in [9.17, 15) is 18.0 Å². The van der Waals surface area contributed by atoms with Gasteiger partial charge in [-0.2, -0.15) is 0 Å². The Hall–Kier alpha value is -3.41. The number of nitrogens with one attached hydrogen (secondary N) is 3. The van der Waals surface area contributed by atoms with Crippen molar-refractivity contribution in [1.29, 1.82) is 0 Å². The van der Waals surface area contributed by atoms with Crippen molar-refractivity contribution < 1.29 is 27.5 Å². The molecule has 0 saturated carbocycles. The molecule has 32 heavy (non-hydrogen) atoms. The maximum absolute atomic E-state index is 12.5. The number of amides is 2. The van der Waals surface area contributed by atoms with Crippen molar-refractivity contribution in [2.45, 2.75) is 11.4 Å². The SMILES string of the molecule is COc1ccc(C(=O)NNC(=O)c2cccc(S(=O)(=O)NCc3cccs3)c2)cc1OC. The Bertz CT molecular complexity index is 1210. The van der Waals surface area contributed by atoms with Crippen LogP contribution in [-0.2, 0) is 16.6 Å². The maximum Gasteiger partial charge on any atom is 0.269 e. The van der Waals surface area contributed by atoms with Gasteiger partial charge in [0.1, 0.15) is 0 Å². The summed E-state index contributed by atoms with van der Waals surface area (Å²) in [4.78, 5) is 25.6. The molecular formula is C21H21N3O6S2. The second kappa shape index (κ2) is 10.3. The van der Waals surface area contributed by atoms with Crippen LogP contribution >= 0.6 is 11.3 Å². The maximum atomic E-state index is 12.5. The molecule has 0 bridgehead atoms. The zero-order valence-electron chi connectivity index (χ0n) is 17.2. The van der Waals surface area contributed by atoms with Gasteiger partial charge < -0.3 is 9.47 Å². The van der Waals surface area contributed by atoms with Gasteiger partial charge in [-0.3, -0.25) is 20.4 Å². The van der Waals surface area contributed by atoms with E-state index in [1.165, 1.54) is 62.0 Å². The lowest BCUT2D eigenvalue weighted by Crippen LogP contribution is -2.41. The van der Waals surface area contributed by atoms with Crippen LogP contribution in [0.3, 0.4) is 0 Å². The fraction of sp³-hybridized carbons (Fsp3) is 0.143.